The molecule has 1 aliphatic rings. The Bertz CT molecular complexity index is 1050. The van der Waals surface area contributed by atoms with Crippen molar-refractivity contribution in [3.05, 3.63) is 64.7 Å². The number of nitrogens with zero attached hydrogens (tertiary/aromatic N) is 1. The summed E-state index contributed by atoms with van der Waals surface area (Å²) in [6.45, 7) is 8.11. The zero-order valence-corrected chi connectivity index (χ0v) is 20.8. The normalized spacial score (nSPS) is 15.0. The Labute approximate surface area is 193 Å². The van der Waals surface area contributed by atoms with Gasteiger partial charge in [-0.1, -0.05) is 58.0 Å². The van der Waals surface area contributed by atoms with Crippen LogP contribution in [0.3, 0.4) is 0 Å². The molecule has 0 radical (unpaired) electrons. The molecule has 0 unspecified atom stereocenters. The van der Waals surface area contributed by atoms with Crippen LogP contribution in [-0.2, 0) is 33.1 Å². The minimum absolute atomic E-state index is 0.0327. The third-order valence-corrected chi connectivity index (χ3v) is 7.37. The average molecular weight is 457 g/mol. The van der Waals surface area contributed by atoms with Crippen molar-refractivity contribution in [2.24, 2.45) is 0 Å². The van der Waals surface area contributed by atoms with E-state index in [1.165, 1.54) is 28.3 Å². The third-order valence-electron chi connectivity index (χ3n) is 6.23. The van der Waals surface area contributed by atoms with E-state index in [0.29, 0.717) is 5.69 Å². The third kappa shape index (κ3) is 5.91. The summed E-state index contributed by atoms with van der Waals surface area (Å²) in [6, 6.07) is 13.7. The summed E-state index contributed by atoms with van der Waals surface area (Å²) in [7, 11) is -3.61. The fraction of sp³-hybridized carbons (Fsp3) is 0.500. The van der Waals surface area contributed by atoms with Gasteiger partial charge >= 0.3 is 0 Å². The Morgan fingerprint density at radius 3 is 2.22 bits per heavy atom. The van der Waals surface area contributed by atoms with Crippen molar-refractivity contribution < 1.29 is 13.2 Å². The van der Waals surface area contributed by atoms with Gasteiger partial charge in [-0.2, -0.15) is 0 Å². The lowest BCUT2D eigenvalue weighted by Crippen LogP contribution is -2.41. The van der Waals surface area contributed by atoms with Crippen LogP contribution in [0.15, 0.2) is 42.5 Å². The molecule has 0 fully saturated rings. The number of amides is 1. The second-order valence-electron chi connectivity index (χ2n) is 9.83. The average Bonchev–Trinajstić information content (AvgIpc) is 2.74. The van der Waals surface area contributed by atoms with Crippen molar-refractivity contribution in [3.63, 3.8) is 0 Å². The summed E-state index contributed by atoms with van der Waals surface area (Å²) in [6.07, 6.45) is 6.52. The topological polar surface area (TPSA) is 66.5 Å². The first-order valence-corrected chi connectivity index (χ1v) is 13.3. The van der Waals surface area contributed by atoms with Crippen molar-refractivity contribution in [3.8, 4) is 0 Å². The Kier molecular flexibility index (Phi) is 7.33. The van der Waals surface area contributed by atoms with E-state index in [2.05, 4.69) is 44.3 Å². The van der Waals surface area contributed by atoms with Gasteiger partial charge < -0.3 is 5.32 Å². The number of anilines is 1. The maximum Gasteiger partial charge on any atom is 0.241 e. The molecule has 0 heterocycles. The number of hydrogen-bond acceptors (Lipinski definition) is 3. The number of carbonyl (C=O) groups is 1. The molecule has 0 aliphatic heterocycles. The van der Waals surface area contributed by atoms with Gasteiger partial charge in [0.05, 0.1) is 18.0 Å². The summed E-state index contributed by atoms with van der Waals surface area (Å²) < 4.78 is 26.1. The first kappa shape index (κ1) is 24.3. The van der Waals surface area contributed by atoms with Crippen molar-refractivity contribution in [2.45, 2.75) is 71.3 Å². The first-order chi connectivity index (χ1) is 15.0. The lowest BCUT2D eigenvalue weighted by atomic mass is 9.87. The highest BCUT2D eigenvalue weighted by Gasteiger charge is 2.24. The van der Waals surface area contributed by atoms with Crippen molar-refractivity contribution in [1.82, 2.24) is 5.32 Å². The molecule has 3 rings (SSSR count). The van der Waals surface area contributed by atoms with Gasteiger partial charge in [0.25, 0.3) is 0 Å². The van der Waals surface area contributed by atoms with Gasteiger partial charge in [-0.05, 0) is 71.9 Å². The molecule has 1 amide bonds. The van der Waals surface area contributed by atoms with E-state index in [0.717, 1.165) is 36.6 Å². The number of benzene rings is 2. The molecule has 1 atom stereocenters. The predicted molar refractivity (Wildman–Crippen MR) is 132 cm³/mol. The fourth-order valence-corrected chi connectivity index (χ4v) is 5.15. The number of hydrogen-bond donors (Lipinski definition) is 1. The van der Waals surface area contributed by atoms with Crippen molar-refractivity contribution >= 4 is 21.6 Å². The highest BCUT2D eigenvalue weighted by Crippen LogP contribution is 2.27. The van der Waals surface area contributed by atoms with Crippen molar-refractivity contribution in [1.29, 1.82) is 0 Å². The minimum Gasteiger partial charge on any atom is -0.348 e. The maximum atomic E-state index is 12.9. The molecule has 2 aromatic rings. The maximum absolute atomic E-state index is 12.9. The zero-order chi connectivity index (χ0) is 23.5. The fourth-order valence-electron chi connectivity index (χ4n) is 4.29. The standard InChI is InChI=1S/C26H36N2O3S/c1-6-24(21-12-11-19-9-7-8-10-20(19)17-21)27-25(29)18-28(32(5,30)31)23-15-13-22(14-16-23)26(2,3)4/h11-17,24H,6-10,18H2,1-5H3,(H,27,29)/t24-/m0/s1. The molecular weight excluding hydrogens is 420 g/mol. The van der Waals surface area contributed by atoms with Gasteiger partial charge in [-0.25, -0.2) is 8.42 Å². The Hall–Kier alpha value is -2.34. The molecule has 174 valence electrons. The number of fused-ring (bicyclic) bond motifs is 1. The number of nitrogens with one attached hydrogen (secondary N) is 1. The van der Waals surface area contributed by atoms with E-state index < -0.39 is 10.0 Å². The van der Waals surface area contributed by atoms with Crippen LogP contribution in [0.1, 0.15) is 75.3 Å². The van der Waals surface area contributed by atoms with E-state index in [9.17, 15) is 13.2 Å². The number of aryl methyl sites for hydroxylation is 2. The monoisotopic (exact) mass is 456 g/mol. The van der Waals surface area contributed by atoms with Crippen LogP contribution in [0.2, 0.25) is 0 Å². The Morgan fingerprint density at radius 2 is 1.66 bits per heavy atom. The number of sulfonamides is 1. The summed E-state index contributed by atoms with van der Waals surface area (Å²) >= 11 is 0. The molecule has 0 aromatic heterocycles. The van der Waals surface area contributed by atoms with Crippen molar-refractivity contribution in [2.75, 3.05) is 17.1 Å². The molecule has 5 nitrogen and oxygen atoms in total. The van der Waals surface area contributed by atoms with Gasteiger partial charge in [0.15, 0.2) is 0 Å². The van der Waals surface area contributed by atoms with Crippen LogP contribution >= 0.6 is 0 Å². The van der Waals surface area contributed by atoms with E-state index in [1.54, 1.807) is 12.1 Å². The van der Waals surface area contributed by atoms with E-state index >= 15 is 0 Å². The van der Waals surface area contributed by atoms with Gasteiger partial charge in [0.2, 0.25) is 15.9 Å². The molecule has 1 aliphatic carbocycles. The van der Waals surface area contributed by atoms with Crippen LogP contribution in [0.5, 0.6) is 0 Å². The van der Waals surface area contributed by atoms with Gasteiger partial charge in [-0.3, -0.25) is 9.10 Å². The predicted octanol–water partition coefficient (Wildman–Crippen LogP) is 4.90. The van der Waals surface area contributed by atoms with Crippen LogP contribution in [0.25, 0.3) is 0 Å². The van der Waals surface area contributed by atoms with Gasteiger partial charge in [0.1, 0.15) is 6.54 Å². The molecule has 1 N–H and O–H groups in total. The molecule has 0 saturated heterocycles. The highest BCUT2D eigenvalue weighted by atomic mass is 32.2. The lowest BCUT2D eigenvalue weighted by molar-refractivity contribution is -0.120. The quantitative estimate of drug-likeness (QED) is 0.645. The highest BCUT2D eigenvalue weighted by molar-refractivity contribution is 7.92. The summed E-state index contributed by atoms with van der Waals surface area (Å²) in [5.41, 5.74) is 5.44. The lowest BCUT2D eigenvalue weighted by Gasteiger charge is -2.26. The number of carbonyl (C=O) groups excluding carboxylic acids is 1. The smallest absolute Gasteiger partial charge is 0.241 e. The molecular formula is C26H36N2O3S. The van der Waals surface area contributed by atoms with Gasteiger partial charge in [0, 0.05) is 0 Å². The largest absolute Gasteiger partial charge is 0.348 e. The number of rotatable bonds is 7. The van der Waals surface area contributed by atoms with Gasteiger partial charge in [-0.15, -0.1) is 0 Å². The molecule has 0 bridgehead atoms. The minimum atomic E-state index is -3.61. The van der Waals surface area contributed by atoms with E-state index in [-0.39, 0.29) is 23.9 Å². The molecule has 32 heavy (non-hydrogen) atoms. The van der Waals surface area contributed by atoms with Crippen LogP contribution in [0, 0.1) is 0 Å². The molecule has 2 aromatic carbocycles. The molecule has 0 saturated carbocycles. The van der Waals surface area contributed by atoms with E-state index in [4.69, 9.17) is 0 Å². The van der Waals surface area contributed by atoms with Crippen LogP contribution in [0.4, 0.5) is 5.69 Å². The first-order valence-electron chi connectivity index (χ1n) is 11.5. The zero-order valence-electron chi connectivity index (χ0n) is 19.9. The molecule has 0 spiro atoms. The second-order valence-corrected chi connectivity index (χ2v) is 11.7. The van der Waals surface area contributed by atoms with Crippen LogP contribution < -0.4 is 9.62 Å². The van der Waals surface area contributed by atoms with E-state index in [1.807, 2.05) is 19.1 Å². The SMILES string of the molecule is CC[C@H](NC(=O)CN(c1ccc(C(C)(C)C)cc1)S(C)(=O)=O)c1ccc2c(c1)CCCC2. The second kappa shape index (κ2) is 9.65. The Morgan fingerprint density at radius 1 is 1.03 bits per heavy atom. The summed E-state index contributed by atoms with van der Waals surface area (Å²) in [5, 5.41) is 3.05. The van der Waals surface area contributed by atoms with Crippen LogP contribution in [-0.4, -0.2) is 27.1 Å². The Balaban J connectivity index is 1.76. The summed E-state index contributed by atoms with van der Waals surface area (Å²) in [5.74, 6) is -0.306. The molecule has 6 heteroatoms. The summed E-state index contributed by atoms with van der Waals surface area (Å²) in [4.78, 5) is 12.9.